The molecule has 1 aliphatic rings. The molecule has 0 aliphatic carbocycles. The van der Waals surface area contributed by atoms with E-state index in [1.165, 1.54) is 24.0 Å². The Morgan fingerprint density at radius 3 is 2.57 bits per heavy atom. The van der Waals surface area contributed by atoms with Crippen LogP contribution in [-0.2, 0) is 6.42 Å². The minimum Gasteiger partial charge on any atom is -0.350 e. The van der Waals surface area contributed by atoms with Gasteiger partial charge in [0.05, 0.1) is 6.04 Å². The SMILES string of the molecule is CCc1ccc(C(=O)NCC(c2ccsc2)N2CCCC2)cc1. The average Bonchev–Trinajstić information content (AvgIpc) is 3.29. The van der Waals surface area contributed by atoms with Gasteiger partial charge >= 0.3 is 0 Å². The third-order valence-corrected chi connectivity index (χ3v) is 5.29. The van der Waals surface area contributed by atoms with Gasteiger partial charge in [-0.3, -0.25) is 9.69 Å². The van der Waals surface area contributed by atoms with Gasteiger partial charge in [-0.25, -0.2) is 0 Å². The predicted molar refractivity (Wildman–Crippen MR) is 96.0 cm³/mol. The summed E-state index contributed by atoms with van der Waals surface area (Å²) in [6.07, 6.45) is 3.51. The molecule has 23 heavy (non-hydrogen) atoms. The van der Waals surface area contributed by atoms with Crippen LogP contribution in [0.1, 0.15) is 47.3 Å². The van der Waals surface area contributed by atoms with Gasteiger partial charge in [0, 0.05) is 12.1 Å². The van der Waals surface area contributed by atoms with Gasteiger partial charge in [-0.15, -0.1) is 0 Å². The Morgan fingerprint density at radius 1 is 1.22 bits per heavy atom. The maximum absolute atomic E-state index is 12.4. The smallest absolute Gasteiger partial charge is 0.251 e. The Labute approximate surface area is 142 Å². The first-order chi connectivity index (χ1) is 11.3. The van der Waals surface area contributed by atoms with Crippen LogP contribution in [0.5, 0.6) is 0 Å². The minimum absolute atomic E-state index is 0.0204. The average molecular weight is 328 g/mol. The van der Waals surface area contributed by atoms with Gasteiger partial charge in [0.25, 0.3) is 5.91 Å². The largest absolute Gasteiger partial charge is 0.350 e. The quantitative estimate of drug-likeness (QED) is 0.873. The van der Waals surface area contributed by atoms with Crippen molar-refractivity contribution in [3.63, 3.8) is 0 Å². The van der Waals surface area contributed by atoms with E-state index in [1.807, 2.05) is 24.3 Å². The van der Waals surface area contributed by atoms with Gasteiger partial charge in [0.15, 0.2) is 0 Å². The predicted octanol–water partition coefficient (Wildman–Crippen LogP) is 3.88. The topological polar surface area (TPSA) is 32.3 Å². The lowest BCUT2D eigenvalue weighted by molar-refractivity contribution is 0.0938. The molecule has 2 aromatic rings. The number of carbonyl (C=O) groups is 1. The third-order valence-electron chi connectivity index (χ3n) is 4.59. The Hall–Kier alpha value is -1.65. The molecular weight excluding hydrogens is 304 g/mol. The zero-order chi connectivity index (χ0) is 16.1. The summed E-state index contributed by atoms with van der Waals surface area (Å²) in [6, 6.07) is 10.4. The van der Waals surface area contributed by atoms with Gasteiger partial charge < -0.3 is 5.32 Å². The number of nitrogens with one attached hydrogen (secondary N) is 1. The maximum atomic E-state index is 12.4. The molecular formula is C19H24N2OS. The second-order valence-electron chi connectivity index (χ2n) is 6.08. The van der Waals surface area contributed by atoms with Crippen LogP contribution in [0.4, 0.5) is 0 Å². The molecule has 1 unspecified atom stereocenters. The summed E-state index contributed by atoms with van der Waals surface area (Å²) in [6.45, 7) is 5.05. The summed E-state index contributed by atoms with van der Waals surface area (Å²) in [5, 5.41) is 7.44. The lowest BCUT2D eigenvalue weighted by Crippen LogP contribution is -2.36. The first-order valence-electron chi connectivity index (χ1n) is 8.41. The summed E-state index contributed by atoms with van der Waals surface area (Å²) in [5.74, 6) is 0.0204. The van der Waals surface area contributed by atoms with Crippen molar-refractivity contribution in [1.82, 2.24) is 10.2 Å². The summed E-state index contributed by atoms with van der Waals surface area (Å²) in [7, 11) is 0. The molecule has 1 aromatic heterocycles. The van der Waals surface area contributed by atoms with Crippen molar-refractivity contribution in [2.24, 2.45) is 0 Å². The van der Waals surface area contributed by atoms with Crippen molar-refractivity contribution in [3.05, 3.63) is 57.8 Å². The van der Waals surface area contributed by atoms with E-state index in [0.29, 0.717) is 12.6 Å². The fourth-order valence-corrected chi connectivity index (χ4v) is 3.87. The number of thiophene rings is 1. The number of nitrogens with zero attached hydrogens (tertiary/aromatic N) is 1. The van der Waals surface area contributed by atoms with E-state index in [2.05, 4.69) is 34.0 Å². The molecule has 1 amide bonds. The van der Waals surface area contributed by atoms with Crippen molar-refractivity contribution in [1.29, 1.82) is 0 Å². The normalized spacial score (nSPS) is 16.4. The fraction of sp³-hybridized carbons (Fsp3) is 0.421. The number of amides is 1. The maximum Gasteiger partial charge on any atom is 0.251 e. The van der Waals surface area contributed by atoms with Gasteiger partial charge in [-0.05, 0) is 72.4 Å². The van der Waals surface area contributed by atoms with Crippen molar-refractivity contribution in [3.8, 4) is 0 Å². The molecule has 122 valence electrons. The van der Waals surface area contributed by atoms with Crippen LogP contribution >= 0.6 is 11.3 Å². The van der Waals surface area contributed by atoms with Gasteiger partial charge in [0.1, 0.15) is 0 Å². The summed E-state index contributed by atoms with van der Waals surface area (Å²) in [4.78, 5) is 14.9. The molecule has 2 heterocycles. The summed E-state index contributed by atoms with van der Waals surface area (Å²) >= 11 is 1.72. The molecule has 0 bridgehead atoms. The number of rotatable bonds is 6. The van der Waals surface area contributed by atoms with E-state index >= 15 is 0 Å². The zero-order valence-corrected chi connectivity index (χ0v) is 14.4. The molecule has 0 saturated carbocycles. The Kier molecular flexibility index (Phi) is 5.47. The van der Waals surface area contributed by atoms with Gasteiger partial charge in [-0.1, -0.05) is 19.1 Å². The monoisotopic (exact) mass is 328 g/mol. The highest BCUT2D eigenvalue weighted by Gasteiger charge is 2.24. The Bertz CT molecular complexity index is 615. The Morgan fingerprint density at radius 2 is 1.96 bits per heavy atom. The van der Waals surface area contributed by atoms with E-state index in [4.69, 9.17) is 0 Å². The van der Waals surface area contributed by atoms with Crippen LogP contribution in [0.15, 0.2) is 41.1 Å². The number of benzene rings is 1. The highest BCUT2D eigenvalue weighted by molar-refractivity contribution is 7.07. The van der Waals surface area contributed by atoms with E-state index in [0.717, 1.165) is 25.1 Å². The standard InChI is InChI=1S/C19H24N2OS/c1-2-15-5-7-16(8-6-15)19(22)20-13-18(17-9-12-23-14-17)21-10-3-4-11-21/h5-9,12,14,18H,2-4,10-11,13H2,1H3,(H,20,22). The van der Waals surface area contributed by atoms with E-state index < -0.39 is 0 Å². The van der Waals surface area contributed by atoms with Crippen LogP contribution in [0.3, 0.4) is 0 Å². The molecule has 1 aliphatic heterocycles. The van der Waals surface area contributed by atoms with Crippen LogP contribution in [0.2, 0.25) is 0 Å². The molecule has 3 rings (SSSR count). The molecule has 0 spiro atoms. The van der Waals surface area contributed by atoms with Crippen LogP contribution in [0.25, 0.3) is 0 Å². The fourth-order valence-electron chi connectivity index (χ4n) is 3.16. The molecule has 0 radical (unpaired) electrons. The second kappa shape index (κ2) is 7.75. The van der Waals surface area contributed by atoms with Crippen LogP contribution in [-0.4, -0.2) is 30.4 Å². The van der Waals surface area contributed by atoms with E-state index in [-0.39, 0.29) is 5.91 Å². The minimum atomic E-state index is 0.0204. The first-order valence-corrected chi connectivity index (χ1v) is 9.35. The first kappa shape index (κ1) is 16.2. The van der Waals surface area contributed by atoms with Gasteiger partial charge in [0.2, 0.25) is 0 Å². The molecule has 1 fully saturated rings. The highest BCUT2D eigenvalue weighted by atomic mass is 32.1. The molecule has 1 aromatic carbocycles. The lowest BCUT2D eigenvalue weighted by atomic mass is 10.1. The van der Waals surface area contributed by atoms with Crippen molar-refractivity contribution >= 4 is 17.2 Å². The number of carbonyl (C=O) groups excluding carboxylic acids is 1. The van der Waals surface area contributed by atoms with Crippen LogP contribution in [0, 0.1) is 0 Å². The zero-order valence-electron chi connectivity index (χ0n) is 13.6. The van der Waals surface area contributed by atoms with Gasteiger partial charge in [-0.2, -0.15) is 11.3 Å². The van der Waals surface area contributed by atoms with Crippen molar-refractivity contribution in [2.45, 2.75) is 32.2 Å². The van der Waals surface area contributed by atoms with Crippen molar-refractivity contribution in [2.75, 3.05) is 19.6 Å². The molecule has 1 saturated heterocycles. The number of hydrogen-bond donors (Lipinski definition) is 1. The molecule has 1 atom stereocenters. The van der Waals surface area contributed by atoms with E-state index in [1.54, 1.807) is 11.3 Å². The molecule has 1 N–H and O–H groups in total. The second-order valence-corrected chi connectivity index (χ2v) is 6.86. The summed E-state index contributed by atoms with van der Waals surface area (Å²) in [5.41, 5.74) is 3.32. The van der Waals surface area contributed by atoms with Crippen molar-refractivity contribution < 1.29 is 4.79 Å². The number of hydrogen-bond acceptors (Lipinski definition) is 3. The number of likely N-dealkylation sites (tertiary alicyclic amines) is 1. The van der Waals surface area contributed by atoms with Crippen LogP contribution < -0.4 is 5.32 Å². The molecule has 4 heteroatoms. The lowest BCUT2D eigenvalue weighted by Gasteiger charge is -2.27. The number of aryl methyl sites for hydroxylation is 1. The highest BCUT2D eigenvalue weighted by Crippen LogP contribution is 2.26. The molecule has 3 nitrogen and oxygen atoms in total. The third kappa shape index (κ3) is 4.01. The van der Waals surface area contributed by atoms with E-state index in [9.17, 15) is 4.79 Å². The summed E-state index contributed by atoms with van der Waals surface area (Å²) < 4.78 is 0. The Balaban J connectivity index is 1.64.